The molecule has 1 aliphatic heterocycles. The Morgan fingerprint density at radius 3 is 2.71 bits per heavy atom. The minimum atomic E-state index is 0.151. The van der Waals surface area contributed by atoms with E-state index in [2.05, 4.69) is 48.2 Å². The van der Waals surface area contributed by atoms with Crippen molar-refractivity contribution in [3.05, 3.63) is 17.0 Å². The Labute approximate surface area is 146 Å². The summed E-state index contributed by atoms with van der Waals surface area (Å²) < 4.78 is 2.04. The molecule has 0 radical (unpaired) electrons. The van der Waals surface area contributed by atoms with Gasteiger partial charge in [0.05, 0.1) is 5.69 Å². The fraction of sp³-hybridized carbons (Fsp3) is 0.778. The third-order valence-electron chi connectivity index (χ3n) is 5.29. The number of hydrogen-bond donors (Lipinski definition) is 1. The molecule has 1 aromatic heterocycles. The molecular formula is C18H33N5O. The van der Waals surface area contributed by atoms with Crippen LogP contribution in [0.4, 0.5) is 0 Å². The molecule has 24 heavy (non-hydrogen) atoms. The summed E-state index contributed by atoms with van der Waals surface area (Å²) in [4.78, 5) is 16.7. The van der Waals surface area contributed by atoms with E-state index in [1.807, 2.05) is 11.6 Å². The van der Waals surface area contributed by atoms with Crippen LogP contribution in [0, 0.1) is 20.8 Å². The summed E-state index contributed by atoms with van der Waals surface area (Å²) in [6.45, 7) is 10.9. The fourth-order valence-electron chi connectivity index (χ4n) is 3.28. The van der Waals surface area contributed by atoms with Crippen LogP contribution in [0.15, 0.2) is 0 Å². The van der Waals surface area contributed by atoms with Crippen molar-refractivity contribution in [1.82, 2.24) is 24.9 Å². The molecule has 1 aromatic rings. The van der Waals surface area contributed by atoms with Crippen molar-refractivity contribution in [3.8, 4) is 0 Å². The van der Waals surface area contributed by atoms with Crippen LogP contribution in [0.1, 0.15) is 36.2 Å². The highest BCUT2D eigenvalue weighted by atomic mass is 16.1. The maximum atomic E-state index is 12.0. The zero-order chi connectivity index (χ0) is 17.7. The van der Waals surface area contributed by atoms with Crippen LogP contribution in [0.3, 0.4) is 0 Å². The summed E-state index contributed by atoms with van der Waals surface area (Å²) in [5.41, 5.74) is 3.58. The Balaban J connectivity index is 1.60. The minimum absolute atomic E-state index is 0.151. The first-order chi connectivity index (χ1) is 11.4. The molecule has 1 aliphatic rings. The number of amides is 1. The monoisotopic (exact) mass is 335 g/mol. The molecule has 6 nitrogen and oxygen atoms in total. The molecule has 1 N–H and O–H groups in total. The summed E-state index contributed by atoms with van der Waals surface area (Å²) in [7, 11) is 4.28. The first-order valence-electron chi connectivity index (χ1n) is 9.04. The third kappa shape index (κ3) is 5.05. The lowest BCUT2D eigenvalue weighted by atomic mass is 10.2. The summed E-state index contributed by atoms with van der Waals surface area (Å²) in [5.74, 6) is 0.151. The smallest absolute Gasteiger partial charge is 0.221 e. The number of likely N-dealkylation sites (tertiary alicyclic amines) is 1. The Bertz CT molecular complexity index is 554. The van der Waals surface area contributed by atoms with Gasteiger partial charge in [-0.1, -0.05) is 0 Å². The van der Waals surface area contributed by atoms with E-state index >= 15 is 0 Å². The molecule has 0 aromatic carbocycles. The van der Waals surface area contributed by atoms with Crippen molar-refractivity contribution in [3.63, 3.8) is 0 Å². The molecule has 0 bridgehead atoms. The average Bonchev–Trinajstić information content (AvgIpc) is 3.09. The van der Waals surface area contributed by atoms with Gasteiger partial charge in [0.2, 0.25) is 5.91 Å². The van der Waals surface area contributed by atoms with Gasteiger partial charge in [-0.3, -0.25) is 9.48 Å². The summed E-state index contributed by atoms with van der Waals surface area (Å²) >= 11 is 0. The number of nitrogens with zero attached hydrogens (tertiary/aromatic N) is 4. The lowest BCUT2D eigenvalue weighted by molar-refractivity contribution is -0.121. The van der Waals surface area contributed by atoms with Crippen molar-refractivity contribution in [2.24, 2.45) is 0 Å². The van der Waals surface area contributed by atoms with Crippen molar-refractivity contribution in [1.29, 1.82) is 0 Å². The second kappa shape index (κ2) is 8.62. The van der Waals surface area contributed by atoms with Gasteiger partial charge in [0.25, 0.3) is 0 Å². The van der Waals surface area contributed by atoms with Crippen LogP contribution >= 0.6 is 0 Å². The van der Waals surface area contributed by atoms with Gasteiger partial charge in [0.15, 0.2) is 0 Å². The second-order valence-corrected chi connectivity index (χ2v) is 7.16. The highest BCUT2D eigenvalue weighted by Crippen LogP contribution is 2.12. The van der Waals surface area contributed by atoms with Crippen molar-refractivity contribution in [2.45, 2.75) is 52.6 Å². The molecule has 1 saturated heterocycles. The van der Waals surface area contributed by atoms with E-state index in [0.29, 0.717) is 19.0 Å². The molecule has 1 amide bonds. The predicted molar refractivity (Wildman–Crippen MR) is 97.2 cm³/mol. The minimum Gasteiger partial charge on any atom is -0.356 e. The van der Waals surface area contributed by atoms with Crippen molar-refractivity contribution < 1.29 is 4.79 Å². The van der Waals surface area contributed by atoms with Crippen LogP contribution in [0.2, 0.25) is 0 Å². The Kier molecular flexibility index (Phi) is 6.80. The fourth-order valence-corrected chi connectivity index (χ4v) is 3.28. The topological polar surface area (TPSA) is 53.4 Å². The Morgan fingerprint density at radius 1 is 1.38 bits per heavy atom. The molecule has 136 valence electrons. The SMILES string of the molecule is Cc1nn(CCCNC(=O)CCN(C)C2CCN(C)C2)c(C)c1C. The third-order valence-corrected chi connectivity index (χ3v) is 5.29. The molecule has 0 aliphatic carbocycles. The molecule has 6 heteroatoms. The van der Waals surface area contributed by atoms with Gasteiger partial charge >= 0.3 is 0 Å². The lowest BCUT2D eigenvalue weighted by Crippen LogP contribution is -2.37. The normalized spacial score (nSPS) is 18.5. The van der Waals surface area contributed by atoms with Gasteiger partial charge in [0, 0.05) is 44.3 Å². The number of aromatic nitrogens is 2. The predicted octanol–water partition coefficient (Wildman–Crippen LogP) is 1.34. The largest absolute Gasteiger partial charge is 0.356 e. The first-order valence-corrected chi connectivity index (χ1v) is 9.04. The van der Waals surface area contributed by atoms with Crippen LogP contribution in [0.5, 0.6) is 0 Å². The number of nitrogens with one attached hydrogen (secondary N) is 1. The number of hydrogen-bond acceptors (Lipinski definition) is 4. The van der Waals surface area contributed by atoms with Crippen LogP contribution in [-0.2, 0) is 11.3 Å². The average molecular weight is 335 g/mol. The molecule has 2 heterocycles. The van der Waals surface area contributed by atoms with Gasteiger partial charge in [-0.05, 0) is 59.8 Å². The maximum absolute atomic E-state index is 12.0. The number of rotatable bonds is 8. The number of carbonyl (C=O) groups excluding carboxylic acids is 1. The van der Waals surface area contributed by atoms with Crippen molar-refractivity contribution in [2.75, 3.05) is 40.3 Å². The maximum Gasteiger partial charge on any atom is 0.221 e. The van der Waals surface area contributed by atoms with E-state index in [9.17, 15) is 4.79 Å². The molecule has 1 fully saturated rings. The Hall–Kier alpha value is -1.40. The first kappa shape index (κ1) is 18.9. The molecule has 1 atom stereocenters. The highest BCUT2D eigenvalue weighted by Gasteiger charge is 2.23. The van der Waals surface area contributed by atoms with Crippen LogP contribution < -0.4 is 5.32 Å². The van der Waals surface area contributed by atoms with E-state index in [1.54, 1.807) is 0 Å². The summed E-state index contributed by atoms with van der Waals surface area (Å²) in [5, 5.41) is 7.56. The van der Waals surface area contributed by atoms with Gasteiger partial charge < -0.3 is 15.1 Å². The van der Waals surface area contributed by atoms with Gasteiger partial charge in [-0.2, -0.15) is 5.10 Å². The van der Waals surface area contributed by atoms with E-state index in [0.717, 1.165) is 38.3 Å². The van der Waals surface area contributed by atoms with Crippen LogP contribution in [-0.4, -0.2) is 71.8 Å². The van der Waals surface area contributed by atoms with E-state index in [4.69, 9.17) is 0 Å². The molecule has 0 saturated carbocycles. The quantitative estimate of drug-likeness (QED) is 0.729. The zero-order valence-corrected chi connectivity index (χ0v) is 15.9. The number of carbonyl (C=O) groups is 1. The van der Waals surface area contributed by atoms with E-state index < -0.39 is 0 Å². The van der Waals surface area contributed by atoms with Crippen LogP contribution in [0.25, 0.3) is 0 Å². The molecule has 2 rings (SSSR count). The van der Waals surface area contributed by atoms with Gasteiger partial charge in [0.1, 0.15) is 0 Å². The molecule has 0 spiro atoms. The summed E-state index contributed by atoms with van der Waals surface area (Å²) in [6, 6.07) is 0.595. The zero-order valence-electron chi connectivity index (χ0n) is 15.9. The molecule has 1 unspecified atom stereocenters. The standard InChI is InChI=1S/C18H33N5O/c1-14-15(2)20-23(16(14)3)10-6-9-19-18(24)8-12-22(5)17-7-11-21(4)13-17/h17H,6-13H2,1-5H3,(H,19,24). The van der Waals surface area contributed by atoms with Gasteiger partial charge in [-0.25, -0.2) is 0 Å². The van der Waals surface area contributed by atoms with E-state index in [1.165, 1.54) is 17.7 Å². The Morgan fingerprint density at radius 2 is 2.12 bits per heavy atom. The number of aryl methyl sites for hydroxylation is 2. The molecular weight excluding hydrogens is 302 g/mol. The van der Waals surface area contributed by atoms with Gasteiger partial charge in [-0.15, -0.1) is 0 Å². The highest BCUT2D eigenvalue weighted by molar-refractivity contribution is 5.75. The summed E-state index contributed by atoms with van der Waals surface area (Å²) in [6.07, 6.45) is 2.70. The van der Waals surface area contributed by atoms with Crippen molar-refractivity contribution >= 4 is 5.91 Å². The lowest BCUT2D eigenvalue weighted by Gasteiger charge is -2.23. The second-order valence-electron chi connectivity index (χ2n) is 7.16. The number of likely N-dealkylation sites (N-methyl/N-ethyl adjacent to an activating group) is 2. The van der Waals surface area contributed by atoms with E-state index in [-0.39, 0.29) is 5.91 Å².